The smallest absolute Gasteiger partial charge is 0.0303 e. The Morgan fingerprint density at radius 1 is 1.32 bits per heavy atom. The van der Waals surface area contributed by atoms with E-state index in [1.807, 2.05) is 0 Å². The number of hydrogen-bond donors (Lipinski definition) is 1. The van der Waals surface area contributed by atoms with Crippen LogP contribution in [0.4, 0.5) is 0 Å². The molecule has 0 aliphatic carbocycles. The maximum atomic E-state index is 3.62. The monoisotopic (exact) mass is 260 g/mol. The average molecular weight is 260 g/mol. The van der Waals surface area contributed by atoms with Crippen LogP contribution in [0.15, 0.2) is 30.3 Å². The molecule has 0 aromatic heterocycles. The SMILES string of the molecule is CCC1(C)CNC(C)CN1CCCc1ccccc1. The molecule has 0 amide bonds. The maximum Gasteiger partial charge on any atom is 0.0303 e. The molecule has 19 heavy (non-hydrogen) atoms. The minimum absolute atomic E-state index is 0.337. The number of hydrogen-bond acceptors (Lipinski definition) is 2. The van der Waals surface area contributed by atoms with Gasteiger partial charge in [0.2, 0.25) is 0 Å². The minimum atomic E-state index is 0.337. The molecule has 1 N–H and O–H groups in total. The fourth-order valence-electron chi connectivity index (χ4n) is 2.95. The van der Waals surface area contributed by atoms with Gasteiger partial charge in [0, 0.05) is 24.7 Å². The van der Waals surface area contributed by atoms with E-state index in [2.05, 4.69) is 61.3 Å². The molecule has 1 aliphatic rings. The van der Waals surface area contributed by atoms with Gasteiger partial charge in [0.1, 0.15) is 0 Å². The van der Waals surface area contributed by atoms with Crippen molar-refractivity contribution in [2.24, 2.45) is 0 Å². The average Bonchev–Trinajstić information content (AvgIpc) is 2.44. The van der Waals surface area contributed by atoms with Crippen LogP contribution in [0.1, 0.15) is 39.2 Å². The molecule has 2 nitrogen and oxygen atoms in total. The molecule has 1 aromatic rings. The molecule has 0 saturated carbocycles. The molecular weight excluding hydrogens is 232 g/mol. The van der Waals surface area contributed by atoms with Crippen LogP contribution in [0.3, 0.4) is 0 Å². The summed E-state index contributed by atoms with van der Waals surface area (Å²) in [5.41, 5.74) is 1.80. The van der Waals surface area contributed by atoms with E-state index in [1.54, 1.807) is 0 Å². The van der Waals surface area contributed by atoms with Crippen LogP contribution in [-0.2, 0) is 6.42 Å². The van der Waals surface area contributed by atoms with Crippen molar-refractivity contribution >= 4 is 0 Å². The fraction of sp³-hybridized carbons (Fsp3) is 0.647. The predicted molar refractivity (Wildman–Crippen MR) is 82.5 cm³/mol. The van der Waals surface area contributed by atoms with Gasteiger partial charge < -0.3 is 5.32 Å². The quantitative estimate of drug-likeness (QED) is 0.875. The van der Waals surface area contributed by atoms with Gasteiger partial charge in [0.15, 0.2) is 0 Å². The fourth-order valence-corrected chi connectivity index (χ4v) is 2.95. The number of rotatable bonds is 5. The van der Waals surface area contributed by atoms with Gasteiger partial charge in [-0.3, -0.25) is 4.90 Å². The molecule has 1 heterocycles. The zero-order valence-corrected chi connectivity index (χ0v) is 12.7. The van der Waals surface area contributed by atoms with Crippen molar-refractivity contribution in [3.63, 3.8) is 0 Å². The first-order valence-electron chi connectivity index (χ1n) is 7.66. The van der Waals surface area contributed by atoms with Crippen molar-refractivity contribution in [3.05, 3.63) is 35.9 Å². The number of benzene rings is 1. The number of aryl methyl sites for hydroxylation is 1. The summed E-state index contributed by atoms with van der Waals surface area (Å²) in [5, 5.41) is 3.62. The Balaban J connectivity index is 1.86. The summed E-state index contributed by atoms with van der Waals surface area (Å²) in [7, 11) is 0. The highest BCUT2D eigenvalue weighted by Crippen LogP contribution is 2.23. The van der Waals surface area contributed by atoms with Crippen LogP contribution in [0, 0.1) is 0 Å². The van der Waals surface area contributed by atoms with Crippen molar-refractivity contribution in [2.45, 2.75) is 51.6 Å². The van der Waals surface area contributed by atoms with E-state index in [-0.39, 0.29) is 0 Å². The van der Waals surface area contributed by atoms with E-state index >= 15 is 0 Å². The number of piperazine rings is 1. The Labute approximate surface area is 118 Å². The van der Waals surface area contributed by atoms with Crippen LogP contribution in [0.25, 0.3) is 0 Å². The van der Waals surface area contributed by atoms with E-state index in [9.17, 15) is 0 Å². The maximum absolute atomic E-state index is 3.62. The van der Waals surface area contributed by atoms with E-state index in [4.69, 9.17) is 0 Å². The lowest BCUT2D eigenvalue weighted by atomic mass is 9.92. The third-order valence-electron chi connectivity index (χ3n) is 4.59. The lowest BCUT2D eigenvalue weighted by molar-refractivity contribution is 0.0518. The summed E-state index contributed by atoms with van der Waals surface area (Å²) in [6.45, 7) is 10.5. The molecule has 2 unspecified atom stereocenters. The number of nitrogens with one attached hydrogen (secondary N) is 1. The number of nitrogens with zero attached hydrogens (tertiary/aromatic N) is 1. The Bertz CT molecular complexity index is 376. The first kappa shape index (κ1) is 14.5. The van der Waals surface area contributed by atoms with Crippen molar-refractivity contribution in [2.75, 3.05) is 19.6 Å². The third kappa shape index (κ3) is 3.80. The molecule has 2 atom stereocenters. The Morgan fingerprint density at radius 3 is 2.74 bits per heavy atom. The highest BCUT2D eigenvalue weighted by molar-refractivity contribution is 5.14. The molecule has 1 saturated heterocycles. The van der Waals surface area contributed by atoms with Crippen LogP contribution in [0.2, 0.25) is 0 Å². The standard InChI is InChI=1S/C17H28N2/c1-4-17(3)14-18-15(2)13-19(17)12-8-11-16-9-6-5-7-10-16/h5-7,9-10,15,18H,4,8,11-14H2,1-3H3. The molecule has 2 rings (SSSR count). The van der Waals surface area contributed by atoms with Crippen LogP contribution < -0.4 is 5.32 Å². The Hall–Kier alpha value is -0.860. The molecule has 0 bridgehead atoms. The first-order valence-corrected chi connectivity index (χ1v) is 7.66. The summed E-state index contributed by atoms with van der Waals surface area (Å²) < 4.78 is 0. The molecule has 106 valence electrons. The lowest BCUT2D eigenvalue weighted by Gasteiger charge is -2.47. The van der Waals surface area contributed by atoms with Gasteiger partial charge in [-0.05, 0) is 45.2 Å². The molecule has 0 radical (unpaired) electrons. The van der Waals surface area contributed by atoms with E-state index in [0.29, 0.717) is 11.6 Å². The summed E-state index contributed by atoms with van der Waals surface area (Å²) >= 11 is 0. The van der Waals surface area contributed by atoms with E-state index in [1.165, 1.54) is 37.9 Å². The molecule has 1 aliphatic heterocycles. The van der Waals surface area contributed by atoms with Gasteiger partial charge in [-0.15, -0.1) is 0 Å². The van der Waals surface area contributed by atoms with Crippen LogP contribution in [-0.4, -0.2) is 36.1 Å². The van der Waals surface area contributed by atoms with Crippen LogP contribution in [0.5, 0.6) is 0 Å². The normalized spacial score (nSPS) is 28.5. The largest absolute Gasteiger partial charge is 0.311 e. The topological polar surface area (TPSA) is 15.3 Å². The zero-order chi connectivity index (χ0) is 13.7. The minimum Gasteiger partial charge on any atom is -0.311 e. The summed E-state index contributed by atoms with van der Waals surface area (Å²) in [5.74, 6) is 0. The highest BCUT2D eigenvalue weighted by atomic mass is 15.3. The zero-order valence-electron chi connectivity index (χ0n) is 12.7. The molecule has 1 aromatic carbocycles. The second-order valence-corrected chi connectivity index (χ2v) is 6.17. The molecule has 0 spiro atoms. The van der Waals surface area contributed by atoms with Gasteiger partial charge in [-0.1, -0.05) is 37.3 Å². The third-order valence-corrected chi connectivity index (χ3v) is 4.59. The summed E-state index contributed by atoms with van der Waals surface area (Å²) in [4.78, 5) is 2.69. The van der Waals surface area contributed by atoms with Crippen molar-refractivity contribution < 1.29 is 0 Å². The van der Waals surface area contributed by atoms with Gasteiger partial charge in [-0.2, -0.15) is 0 Å². The first-order chi connectivity index (χ1) is 9.14. The van der Waals surface area contributed by atoms with Crippen molar-refractivity contribution in [1.29, 1.82) is 0 Å². The predicted octanol–water partition coefficient (Wildman–Crippen LogP) is 3.08. The van der Waals surface area contributed by atoms with Gasteiger partial charge in [-0.25, -0.2) is 0 Å². The van der Waals surface area contributed by atoms with Gasteiger partial charge in [0.05, 0.1) is 0 Å². The molecule has 2 heteroatoms. The summed E-state index contributed by atoms with van der Waals surface area (Å²) in [6.07, 6.45) is 3.67. The van der Waals surface area contributed by atoms with E-state index < -0.39 is 0 Å². The molecule has 1 fully saturated rings. The second kappa shape index (κ2) is 6.53. The Morgan fingerprint density at radius 2 is 2.05 bits per heavy atom. The van der Waals surface area contributed by atoms with Crippen molar-refractivity contribution in [3.8, 4) is 0 Å². The van der Waals surface area contributed by atoms with E-state index in [0.717, 1.165) is 6.54 Å². The summed E-state index contributed by atoms with van der Waals surface area (Å²) in [6, 6.07) is 11.5. The highest BCUT2D eigenvalue weighted by Gasteiger charge is 2.34. The lowest BCUT2D eigenvalue weighted by Crippen LogP contribution is -2.62. The van der Waals surface area contributed by atoms with Gasteiger partial charge >= 0.3 is 0 Å². The Kier molecular flexibility index (Phi) is 5.00. The van der Waals surface area contributed by atoms with Crippen LogP contribution >= 0.6 is 0 Å². The van der Waals surface area contributed by atoms with Crippen molar-refractivity contribution in [1.82, 2.24) is 10.2 Å². The second-order valence-electron chi connectivity index (χ2n) is 6.17. The van der Waals surface area contributed by atoms with Gasteiger partial charge in [0.25, 0.3) is 0 Å². The molecular formula is C17H28N2.